The van der Waals surface area contributed by atoms with Crippen LogP contribution in [0.1, 0.15) is 70.9 Å². The van der Waals surface area contributed by atoms with Gasteiger partial charge in [0.05, 0.1) is 6.10 Å². The smallest absolute Gasteiger partial charge is 0.224 e. The maximum absolute atomic E-state index is 10.1. The van der Waals surface area contributed by atoms with Gasteiger partial charge in [0.2, 0.25) is 5.95 Å². The Kier molecular flexibility index (Phi) is 8.43. The molecule has 0 spiro atoms. The minimum absolute atomic E-state index is 0.167. The molecule has 1 saturated carbocycles. The Morgan fingerprint density at radius 1 is 1.03 bits per heavy atom. The van der Waals surface area contributed by atoms with Crippen LogP contribution < -0.4 is 5.32 Å². The first-order valence-corrected chi connectivity index (χ1v) is 14.4. The standard InChI is InChI=1S/C30H44N6O/c1-4-5-14-31-30-32-19-27-28(21-36(29(27)33-30)25-10-12-26(37)13-11-25)24-8-6-23(7-9-24)20-34-15-17-35(18-16-34)22(2)3/h6-9,19,21-22,25-26,37H,4-5,10-18,20H2,1-3H3,(H,31,32,33). The Labute approximate surface area is 221 Å². The highest BCUT2D eigenvalue weighted by Crippen LogP contribution is 2.36. The molecule has 2 aliphatic rings. The summed E-state index contributed by atoms with van der Waals surface area (Å²) in [6.07, 6.45) is 10.0. The monoisotopic (exact) mass is 504 g/mol. The molecule has 7 heteroatoms. The van der Waals surface area contributed by atoms with Gasteiger partial charge in [0.25, 0.3) is 0 Å². The summed E-state index contributed by atoms with van der Waals surface area (Å²) in [5.74, 6) is 0.704. The van der Waals surface area contributed by atoms with Gasteiger partial charge in [-0.3, -0.25) is 9.80 Å². The lowest BCUT2D eigenvalue weighted by atomic mass is 9.93. The summed E-state index contributed by atoms with van der Waals surface area (Å²) in [5.41, 5.74) is 4.77. The number of nitrogens with one attached hydrogen (secondary N) is 1. The number of unbranched alkanes of at least 4 members (excludes halogenated alkanes) is 1. The van der Waals surface area contributed by atoms with Crippen molar-refractivity contribution in [2.75, 3.05) is 38.0 Å². The van der Waals surface area contributed by atoms with Gasteiger partial charge in [-0.25, -0.2) is 4.98 Å². The highest BCUT2D eigenvalue weighted by Gasteiger charge is 2.24. The predicted octanol–water partition coefficient (Wildman–Crippen LogP) is 5.31. The van der Waals surface area contributed by atoms with E-state index in [2.05, 4.69) is 75.9 Å². The molecule has 7 nitrogen and oxygen atoms in total. The second-order valence-corrected chi connectivity index (χ2v) is 11.2. The number of aliphatic hydroxyl groups is 1. The Hall–Kier alpha value is -2.48. The molecule has 2 aromatic heterocycles. The number of hydrogen-bond donors (Lipinski definition) is 2. The molecule has 0 unspecified atom stereocenters. The number of nitrogens with zero attached hydrogens (tertiary/aromatic N) is 5. The Bertz CT molecular complexity index is 1140. The number of rotatable bonds is 9. The molecular formula is C30H44N6O. The van der Waals surface area contributed by atoms with Crippen molar-refractivity contribution >= 4 is 17.0 Å². The molecule has 0 atom stereocenters. The Morgan fingerprint density at radius 3 is 2.43 bits per heavy atom. The molecule has 2 N–H and O–H groups in total. The van der Waals surface area contributed by atoms with E-state index in [0.717, 1.165) is 88.8 Å². The number of anilines is 1. The molecule has 0 amide bonds. The molecule has 2 fully saturated rings. The van der Waals surface area contributed by atoms with Crippen molar-refractivity contribution < 1.29 is 5.11 Å². The van der Waals surface area contributed by atoms with Crippen molar-refractivity contribution in [2.24, 2.45) is 0 Å². The van der Waals surface area contributed by atoms with Gasteiger partial charge in [0, 0.05) is 74.7 Å². The summed E-state index contributed by atoms with van der Waals surface area (Å²) < 4.78 is 2.35. The van der Waals surface area contributed by atoms with Gasteiger partial charge < -0.3 is 15.0 Å². The molecule has 5 rings (SSSR count). The molecule has 1 aliphatic heterocycles. The molecule has 3 heterocycles. The van der Waals surface area contributed by atoms with Crippen LogP contribution in [0.5, 0.6) is 0 Å². The summed E-state index contributed by atoms with van der Waals surface area (Å²) >= 11 is 0. The quantitative estimate of drug-likeness (QED) is 0.385. The molecule has 3 aromatic rings. The van der Waals surface area contributed by atoms with E-state index >= 15 is 0 Å². The van der Waals surface area contributed by atoms with Crippen molar-refractivity contribution in [3.63, 3.8) is 0 Å². The van der Waals surface area contributed by atoms with E-state index in [1.165, 1.54) is 16.7 Å². The lowest BCUT2D eigenvalue weighted by Gasteiger charge is -2.36. The van der Waals surface area contributed by atoms with Gasteiger partial charge in [-0.1, -0.05) is 37.6 Å². The fourth-order valence-corrected chi connectivity index (χ4v) is 5.82. The Morgan fingerprint density at radius 2 is 1.76 bits per heavy atom. The van der Waals surface area contributed by atoms with Gasteiger partial charge in [0.15, 0.2) is 0 Å². The van der Waals surface area contributed by atoms with Crippen LogP contribution in [0.2, 0.25) is 0 Å². The van der Waals surface area contributed by atoms with Crippen LogP contribution in [-0.2, 0) is 6.54 Å². The fraction of sp³-hybridized carbons (Fsp3) is 0.600. The van der Waals surface area contributed by atoms with Crippen molar-refractivity contribution in [3.8, 4) is 11.1 Å². The summed E-state index contributed by atoms with van der Waals surface area (Å²) in [6, 6.07) is 10.1. The minimum Gasteiger partial charge on any atom is -0.393 e. The first-order valence-electron chi connectivity index (χ1n) is 14.4. The maximum Gasteiger partial charge on any atom is 0.224 e. The summed E-state index contributed by atoms with van der Waals surface area (Å²) in [4.78, 5) is 14.8. The van der Waals surface area contributed by atoms with Crippen LogP contribution in [-0.4, -0.2) is 74.3 Å². The van der Waals surface area contributed by atoms with Crippen molar-refractivity contribution in [2.45, 2.75) is 84.0 Å². The van der Waals surface area contributed by atoms with Crippen LogP contribution in [0.3, 0.4) is 0 Å². The number of fused-ring (bicyclic) bond motifs is 1. The molecule has 200 valence electrons. The number of aromatic nitrogens is 3. The third kappa shape index (κ3) is 6.16. The second-order valence-electron chi connectivity index (χ2n) is 11.2. The summed E-state index contributed by atoms with van der Waals surface area (Å²) in [7, 11) is 0. The molecule has 37 heavy (non-hydrogen) atoms. The lowest BCUT2D eigenvalue weighted by Crippen LogP contribution is -2.48. The summed E-state index contributed by atoms with van der Waals surface area (Å²) in [5, 5.41) is 14.6. The second kappa shape index (κ2) is 11.9. The minimum atomic E-state index is -0.167. The molecule has 0 radical (unpaired) electrons. The highest BCUT2D eigenvalue weighted by atomic mass is 16.3. The average molecular weight is 505 g/mol. The zero-order valence-electron chi connectivity index (χ0n) is 22.9. The zero-order chi connectivity index (χ0) is 25.8. The molecule has 1 aliphatic carbocycles. The van der Waals surface area contributed by atoms with E-state index in [0.29, 0.717) is 18.0 Å². The van der Waals surface area contributed by atoms with Crippen molar-refractivity contribution in [1.82, 2.24) is 24.3 Å². The molecular weight excluding hydrogens is 460 g/mol. The van der Waals surface area contributed by atoms with Crippen molar-refractivity contribution in [1.29, 1.82) is 0 Å². The SMILES string of the molecule is CCCCNc1ncc2c(-c3ccc(CN4CCN(C(C)C)CC4)cc3)cn(C3CCC(O)CC3)c2n1. The average Bonchev–Trinajstić information content (AvgIpc) is 3.29. The van der Waals surface area contributed by atoms with Gasteiger partial charge in [-0.15, -0.1) is 0 Å². The van der Waals surface area contributed by atoms with Crippen molar-refractivity contribution in [3.05, 3.63) is 42.2 Å². The van der Waals surface area contributed by atoms with E-state index in [4.69, 9.17) is 4.98 Å². The topological polar surface area (TPSA) is 69.5 Å². The third-order valence-electron chi connectivity index (χ3n) is 8.25. The van der Waals surface area contributed by atoms with Gasteiger partial charge >= 0.3 is 0 Å². The predicted molar refractivity (Wildman–Crippen MR) is 152 cm³/mol. The first-order chi connectivity index (χ1) is 18.0. The van der Waals surface area contributed by atoms with E-state index < -0.39 is 0 Å². The van der Waals surface area contributed by atoms with Gasteiger partial charge in [-0.2, -0.15) is 4.98 Å². The normalized spacial score (nSPS) is 21.6. The summed E-state index contributed by atoms with van der Waals surface area (Å²) in [6.45, 7) is 13.2. The Balaban J connectivity index is 1.37. The first kappa shape index (κ1) is 26.1. The molecule has 1 saturated heterocycles. The number of hydrogen-bond acceptors (Lipinski definition) is 6. The highest BCUT2D eigenvalue weighted by molar-refractivity contribution is 5.94. The van der Waals surface area contributed by atoms with E-state index in [9.17, 15) is 5.11 Å². The third-order valence-corrected chi connectivity index (χ3v) is 8.25. The molecule has 0 bridgehead atoms. The van der Waals surface area contributed by atoms with E-state index in [1.54, 1.807) is 0 Å². The van der Waals surface area contributed by atoms with Gasteiger partial charge in [-0.05, 0) is 57.1 Å². The van der Waals surface area contributed by atoms with Crippen LogP contribution >= 0.6 is 0 Å². The number of benzene rings is 1. The zero-order valence-corrected chi connectivity index (χ0v) is 22.9. The lowest BCUT2D eigenvalue weighted by molar-refractivity contribution is 0.104. The van der Waals surface area contributed by atoms with Crippen LogP contribution in [0.15, 0.2) is 36.7 Å². The maximum atomic E-state index is 10.1. The van der Waals surface area contributed by atoms with Crippen LogP contribution in [0.25, 0.3) is 22.2 Å². The van der Waals surface area contributed by atoms with Crippen LogP contribution in [0, 0.1) is 0 Å². The van der Waals surface area contributed by atoms with E-state index in [-0.39, 0.29) is 6.10 Å². The number of piperazine rings is 1. The molecule has 1 aromatic carbocycles. The van der Waals surface area contributed by atoms with Crippen LogP contribution in [0.4, 0.5) is 5.95 Å². The van der Waals surface area contributed by atoms with Gasteiger partial charge in [0.1, 0.15) is 5.65 Å². The number of aliphatic hydroxyl groups excluding tert-OH is 1. The largest absolute Gasteiger partial charge is 0.393 e. The van der Waals surface area contributed by atoms with E-state index in [1.807, 2.05) is 6.20 Å². The fourth-order valence-electron chi connectivity index (χ4n) is 5.82.